The van der Waals surface area contributed by atoms with Crippen LogP contribution in [0.1, 0.15) is 19.8 Å². The molecule has 0 amide bonds. The highest BCUT2D eigenvalue weighted by atomic mass is 16.6. The lowest BCUT2D eigenvalue weighted by molar-refractivity contribution is -0.144. The van der Waals surface area contributed by atoms with Crippen LogP contribution in [-0.2, 0) is 14.2 Å². The number of methoxy groups -OCH3 is 1. The molecule has 4 heteroatoms. The quantitative estimate of drug-likeness (QED) is 0.614. The summed E-state index contributed by atoms with van der Waals surface area (Å²) in [5.41, 5.74) is 5.82. The molecule has 1 aliphatic carbocycles. The Morgan fingerprint density at radius 2 is 2.00 bits per heavy atom. The standard InChI is InChI=1S/C10H21NO3/c1-3-4-13-9-7-8(11)10(9)14-6-5-12-2/h8-10H,3-7,11H2,1-2H3. The van der Waals surface area contributed by atoms with Crippen LogP contribution in [0, 0.1) is 0 Å². The highest BCUT2D eigenvalue weighted by Gasteiger charge is 2.40. The van der Waals surface area contributed by atoms with E-state index in [0.29, 0.717) is 13.2 Å². The molecule has 84 valence electrons. The Labute approximate surface area is 85.7 Å². The van der Waals surface area contributed by atoms with Crippen LogP contribution in [-0.4, -0.2) is 45.2 Å². The Morgan fingerprint density at radius 1 is 1.21 bits per heavy atom. The third-order valence-corrected chi connectivity index (χ3v) is 2.43. The van der Waals surface area contributed by atoms with Crippen LogP contribution in [0.15, 0.2) is 0 Å². The molecule has 0 heterocycles. The van der Waals surface area contributed by atoms with Crippen molar-refractivity contribution in [2.24, 2.45) is 5.73 Å². The molecule has 0 radical (unpaired) electrons. The summed E-state index contributed by atoms with van der Waals surface area (Å²) in [7, 11) is 1.66. The molecule has 1 saturated carbocycles. The molecule has 2 N–H and O–H groups in total. The van der Waals surface area contributed by atoms with Gasteiger partial charge in [-0.05, 0) is 12.8 Å². The van der Waals surface area contributed by atoms with Crippen molar-refractivity contribution in [1.29, 1.82) is 0 Å². The maximum atomic E-state index is 5.82. The zero-order chi connectivity index (χ0) is 10.4. The molecule has 0 aromatic heterocycles. The lowest BCUT2D eigenvalue weighted by Gasteiger charge is -2.41. The molecule has 1 aliphatic rings. The molecular weight excluding hydrogens is 182 g/mol. The fourth-order valence-electron chi connectivity index (χ4n) is 1.55. The monoisotopic (exact) mass is 203 g/mol. The first kappa shape index (κ1) is 11.9. The number of rotatable bonds is 7. The van der Waals surface area contributed by atoms with E-state index < -0.39 is 0 Å². The maximum absolute atomic E-state index is 5.82. The summed E-state index contributed by atoms with van der Waals surface area (Å²) >= 11 is 0. The Hall–Kier alpha value is -0.160. The molecule has 1 fully saturated rings. The van der Waals surface area contributed by atoms with Crippen molar-refractivity contribution in [1.82, 2.24) is 0 Å². The predicted octanol–water partition coefficient (Wildman–Crippen LogP) is 0.544. The van der Waals surface area contributed by atoms with E-state index >= 15 is 0 Å². The molecule has 0 bridgehead atoms. The second-order valence-corrected chi connectivity index (χ2v) is 3.64. The van der Waals surface area contributed by atoms with Crippen LogP contribution >= 0.6 is 0 Å². The molecule has 14 heavy (non-hydrogen) atoms. The zero-order valence-electron chi connectivity index (χ0n) is 9.07. The van der Waals surface area contributed by atoms with E-state index in [1.54, 1.807) is 7.11 Å². The first-order valence-electron chi connectivity index (χ1n) is 5.27. The van der Waals surface area contributed by atoms with Gasteiger partial charge in [0.25, 0.3) is 0 Å². The molecule has 1 rings (SSSR count). The topological polar surface area (TPSA) is 53.7 Å². The summed E-state index contributed by atoms with van der Waals surface area (Å²) in [5, 5.41) is 0. The summed E-state index contributed by atoms with van der Waals surface area (Å²) in [4.78, 5) is 0. The van der Waals surface area contributed by atoms with Gasteiger partial charge >= 0.3 is 0 Å². The van der Waals surface area contributed by atoms with E-state index in [-0.39, 0.29) is 18.2 Å². The molecule has 0 aliphatic heterocycles. The van der Waals surface area contributed by atoms with Gasteiger partial charge in [0.15, 0.2) is 0 Å². The molecule has 0 aromatic rings. The van der Waals surface area contributed by atoms with Gasteiger partial charge in [0.1, 0.15) is 0 Å². The Bertz CT molecular complexity index is 154. The van der Waals surface area contributed by atoms with E-state index in [1.165, 1.54) is 0 Å². The highest BCUT2D eigenvalue weighted by Crippen LogP contribution is 2.25. The minimum atomic E-state index is 0.0664. The van der Waals surface area contributed by atoms with Crippen LogP contribution < -0.4 is 5.73 Å². The fourth-order valence-corrected chi connectivity index (χ4v) is 1.55. The first-order valence-corrected chi connectivity index (χ1v) is 5.27. The minimum Gasteiger partial charge on any atom is -0.382 e. The van der Waals surface area contributed by atoms with Gasteiger partial charge in [-0.2, -0.15) is 0 Å². The number of ether oxygens (including phenoxy) is 3. The molecule has 3 unspecified atom stereocenters. The summed E-state index contributed by atoms with van der Waals surface area (Å²) in [6.07, 6.45) is 2.22. The normalized spacial score (nSPS) is 31.5. The van der Waals surface area contributed by atoms with Gasteiger partial charge in [-0.25, -0.2) is 0 Å². The number of hydrogen-bond acceptors (Lipinski definition) is 4. The van der Waals surface area contributed by atoms with Gasteiger partial charge in [-0.3, -0.25) is 0 Å². The van der Waals surface area contributed by atoms with Crippen molar-refractivity contribution in [3.05, 3.63) is 0 Å². The fraction of sp³-hybridized carbons (Fsp3) is 1.00. The van der Waals surface area contributed by atoms with Gasteiger partial charge < -0.3 is 19.9 Å². The average Bonchev–Trinajstić information content (AvgIpc) is 2.19. The summed E-state index contributed by atoms with van der Waals surface area (Å²) < 4.78 is 16.1. The van der Waals surface area contributed by atoms with E-state index in [1.807, 2.05) is 0 Å². The van der Waals surface area contributed by atoms with Gasteiger partial charge in [0.05, 0.1) is 25.4 Å². The molecule has 3 atom stereocenters. The molecular formula is C10H21NO3. The van der Waals surface area contributed by atoms with Crippen LogP contribution in [0.5, 0.6) is 0 Å². The van der Waals surface area contributed by atoms with Crippen molar-refractivity contribution in [2.75, 3.05) is 26.9 Å². The second kappa shape index (κ2) is 6.35. The largest absolute Gasteiger partial charge is 0.382 e. The summed E-state index contributed by atoms with van der Waals surface area (Å²) in [6, 6.07) is 0.133. The lowest BCUT2D eigenvalue weighted by atomic mass is 9.86. The minimum absolute atomic E-state index is 0.0664. The Balaban J connectivity index is 2.13. The SMILES string of the molecule is CCCOC1CC(N)C1OCCOC. The van der Waals surface area contributed by atoms with Crippen molar-refractivity contribution in [3.63, 3.8) is 0 Å². The lowest BCUT2D eigenvalue weighted by Crippen LogP contribution is -2.58. The Morgan fingerprint density at radius 3 is 2.57 bits per heavy atom. The molecule has 0 saturated heterocycles. The third kappa shape index (κ3) is 3.20. The van der Waals surface area contributed by atoms with E-state index in [9.17, 15) is 0 Å². The molecule has 0 aromatic carbocycles. The van der Waals surface area contributed by atoms with Crippen LogP contribution in [0.4, 0.5) is 0 Å². The van der Waals surface area contributed by atoms with E-state index in [2.05, 4.69) is 6.92 Å². The van der Waals surface area contributed by atoms with Crippen molar-refractivity contribution in [2.45, 2.75) is 38.0 Å². The smallest absolute Gasteiger partial charge is 0.0989 e. The predicted molar refractivity (Wildman–Crippen MR) is 54.2 cm³/mol. The van der Waals surface area contributed by atoms with Crippen molar-refractivity contribution >= 4 is 0 Å². The van der Waals surface area contributed by atoms with E-state index in [0.717, 1.165) is 19.4 Å². The van der Waals surface area contributed by atoms with Crippen LogP contribution in [0.25, 0.3) is 0 Å². The average molecular weight is 203 g/mol. The van der Waals surface area contributed by atoms with Gasteiger partial charge in [0, 0.05) is 19.8 Å². The molecule has 0 spiro atoms. The molecule has 4 nitrogen and oxygen atoms in total. The van der Waals surface area contributed by atoms with Crippen molar-refractivity contribution in [3.8, 4) is 0 Å². The van der Waals surface area contributed by atoms with Gasteiger partial charge in [-0.1, -0.05) is 6.92 Å². The van der Waals surface area contributed by atoms with Gasteiger partial charge in [0.2, 0.25) is 0 Å². The first-order chi connectivity index (χ1) is 6.79. The maximum Gasteiger partial charge on any atom is 0.0989 e. The van der Waals surface area contributed by atoms with Crippen LogP contribution in [0.3, 0.4) is 0 Å². The van der Waals surface area contributed by atoms with Crippen LogP contribution in [0.2, 0.25) is 0 Å². The zero-order valence-corrected chi connectivity index (χ0v) is 9.07. The van der Waals surface area contributed by atoms with Gasteiger partial charge in [-0.15, -0.1) is 0 Å². The summed E-state index contributed by atoms with van der Waals surface area (Å²) in [5.74, 6) is 0. The highest BCUT2D eigenvalue weighted by molar-refractivity contribution is 4.95. The Kier molecular flexibility index (Phi) is 5.40. The summed E-state index contributed by atoms with van der Waals surface area (Å²) in [6.45, 7) is 4.10. The third-order valence-electron chi connectivity index (χ3n) is 2.43. The van der Waals surface area contributed by atoms with E-state index in [4.69, 9.17) is 19.9 Å². The number of hydrogen-bond donors (Lipinski definition) is 1. The number of nitrogens with two attached hydrogens (primary N) is 1. The second-order valence-electron chi connectivity index (χ2n) is 3.64. The van der Waals surface area contributed by atoms with Crippen molar-refractivity contribution < 1.29 is 14.2 Å².